The highest BCUT2D eigenvalue weighted by atomic mass is 16.6. The highest BCUT2D eigenvalue weighted by molar-refractivity contribution is 5.64. The maximum absolute atomic E-state index is 11.0. The molecule has 0 aliphatic heterocycles. The van der Waals surface area contributed by atoms with Gasteiger partial charge in [-0.3, -0.25) is 10.1 Å². The molecule has 0 saturated heterocycles. The minimum atomic E-state index is -0.371. The van der Waals surface area contributed by atoms with Crippen LogP contribution in [-0.4, -0.2) is 9.49 Å². The predicted octanol–water partition coefficient (Wildman–Crippen LogP) is 4.36. The lowest BCUT2D eigenvalue weighted by molar-refractivity contribution is -0.384. The molecule has 0 aliphatic carbocycles. The van der Waals surface area contributed by atoms with Crippen molar-refractivity contribution in [2.45, 2.75) is 6.92 Å². The average molecular weight is 278 g/mol. The summed E-state index contributed by atoms with van der Waals surface area (Å²) in [5.41, 5.74) is 4.03. The van der Waals surface area contributed by atoms with E-state index in [1.807, 2.05) is 60.0 Å². The third-order valence-electron chi connectivity index (χ3n) is 3.44. The first-order valence-electron chi connectivity index (χ1n) is 6.65. The summed E-state index contributed by atoms with van der Waals surface area (Å²) in [6, 6.07) is 20.7. The Morgan fingerprint density at radius 2 is 1.71 bits per heavy atom. The number of benzene rings is 2. The quantitative estimate of drug-likeness (QED) is 0.528. The zero-order valence-corrected chi connectivity index (χ0v) is 11.6. The van der Waals surface area contributed by atoms with E-state index in [1.165, 1.54) is 6.07 Å². The Morgan fingerprint density at radius 3 is 2.43 bits per heavy atom. The molecule has 0 radical (unpaired) electrons. The lowest BCUT2D eigenvalue weighted by Crippen LogP contribution is -2.00. The summed E-state index contributed by atoms with van der Waals surface area (Å²) in [6.07, 6.45) is 0. The van der Waals surface area contributed by atoms with Crippen molar-refractivity contribution in [1.29, 1.82) is 0 Å². The molecule has 4 heteroatoms. The molecule has 0 aliphatic rings. The normalized spacial score (nSPS) is 10.5. The van der Waals surface area contributed by atoms with E-state index in [0.29, 0.717) is 0 Å². The van der Waals surface area contributed by atoms with E-state index in [-0.39, 0.29) is 10.6 Å². The Morgan fingerprint density at radius 1 is 0.952 bits per heavy atom. The molecule has 2 aromatic carbocycles. The number of aromatic nitrogens is 1. The maximum atomic E-state index is 11.0. The molecule has 1 aromatic heterocycles. The number of rotatable bonds is 3. The standard InChI is InChI=1S/C17H14N2O2/c1-13-10-11-17(14-6-3-2-4-7-14)18(13)15-8-5-9-16(12-15)19(20)21/h2-12H,1H3. The zero-order chi connectivity index (χ0) is 14.8. The first-order chi connectivity index (χ1) is 10.2. The second-order valence-electron chi connectivity index (χ2n) is 4.84. The molecule has 0 saturated carbocycles. The van der Waals surface area contributed by atoms with Crippen molar-refractivity contribution in [3.63, 3.8) is 0 Å². The molecular formula is C17H14N2O2. The molecule has 4 nitrogen and oxygen atoms in total. The van der Waals surface area contributed by atoms with Crippen molar-refractivity contribution in [3.05, 3.63) is 82.5 Å². The van der Waals surface area contributed by atoms with Crippen molar-refractivity contribution in [3.8, 4) is 16.9 Å². The average Bonchev–Trinajstić information content (AvgIpc) is 2.90. The predicted molar refractivity (Wildman–Crippen MR) is 82.6 cm³/mol. The lowest BCUT2D eigenvalue weighted by atomic mass is 10.1. The van der Waals surface area contributed by atoms with Crippen molar-refractivity contribution >= 4 is 5.69 Å². The number of non-ortho nitro benzene ring substituents is 1. The minimum Gasteiger partial charge on any atom is -0.314 e. The Hall–Kier alpha value is -2.88. The summed E-state index contributed by atoms with van der Waals surface area (Å²) in [6.45, 7) is 1.99. The van der Waals surface area contributed by atoms with Crippen LogP contribution in [0.1, 0.15) is 5.69 Å². The molecule has 104 valence electrons. The van der Waals surface area contributed by atoms with E-state index < -0.39 is 0 Å². The zero-order valence-electron chi connectivity index (χ0n) is 11.6. The van der Waals surface area contributed by atoms with Crippen LogP contribution in [0.5, 0.6) is 0 Å². The number of aryl methyl sites for hydroxylation is 1. The van der Waals surface area contributed by atoms with Crippen LogP contribution in [0.15, 0.2) is 66.7 Å². The van der Waals surface area contributed by atoms with E-state index in [9.17, 15) is 10.1 Å². The number of hydrogen-bond donors (Lipinski definition) is 0. The van der Waals surface area contributed by atoms with Gasteiger partial charge in [0.1, 0.15) is 0 Å². The van der Waals surface area contributed by atoms with Gasteiger partial charge in [-0.25, -0.2) is 0 Å². The van der Waals surface area contributed by atoms with Crippen molar-refractivity contribution < 1.29 is 4.92 Å². The van der Waals surface area contributed by atoms with Gasteiger partial charge in [-0.15, -0.1) is 0 Å². The SMILES string of the molecule is Cc1ccc(-c2ccccc2)n1-c1cccc([N+](=O)[O-])c1. The maximum Gasteiger partial charge on any atom is 0.271 e. The molecule has 21 heavy (non-hydrogen) atoms. The van der Waals surface area contributed by atoms with Crippen molar-refractivity contribution in [2.75, 3.05) is 0 Å². The summed E-state index contributed by atoms with van der Waals surface area (Å²) < 4.78 is 2.03. The van der Waals surface area contributed by atoms with Crippen LogP contribution in [0.2, 0.25) is 0 Å². The summed E-state index contributed by atoms with van der Waals surface area (Å²) in [7, 11) is 0. The van der Waals surface area contributed by atoms with Gasteiger partial charge in [-0.05, 0) is 30.7 Å². The van der Waals surface area contributed by atoms with Gasteiger partial charge in [0.15, 0.2) is 0 Å². The van der Waals surface area contributed by atoms with Gasteiger partial charge in [-0.1, -0.05) is 36.4 Å². The van der Waals surface area contributed by atoms with E-state index in [4.69, 9.17) is 0 Å². The highest BCUT2D eigenvalue weighted by Gasteiger charge is 2.12. The molecule has 3 rings (SSSR count). The molecule has 0 spiro atoms. The van der Waals surface area contributed by atoms with Gasteiger partial charge in [0.05, 0.1) is 16.3 Å². The van der Waals surface area contributed by atoms with Gasteiger partial charge in [0.25, 0.3) is 5.69 Å². The molecule has 1 heterocycles. The fourth-order valence-electron chi connectivity index (χ4n) is 2.46. The Labute approximate surface area is 122 Å². The second kappa shape index (κ2) is 5.25. The fourth-order valence-corrected chi connectivity index (χ4v) is 2.46. The summed E-state index contributed by atoms with van der Waals surface area (Å²) in [5.74, 6) is 0. The van der Waals surface area contributed by atoms with Crippen molar-refractivity contribution in [2.24, 2.45) is 0 Å². The van der Waals surface area contributed by atoms with Crippen LogP contribution in [0.4, 0.5) is 5.69 Å². The van der Waals surface area contributed by atoms with E-state index in [2.05, 4.69) is 0 Å². The lowest BCUT2D eigenvalue weighted by Gasteiger charge is -2.12. The molecule has 0 amide bonds. The molecule has 0 atom stereocenters. The molecule has 0 fully saturated rings. The Kier molecular flexibility index (Phi) is 3.28. The first-order valence-corrected chi connectivity index (χ1v) is 6.65. The Balaban J connectivity index is 2.17. The summed E-state index contributed by atoms with van der Waals surface area (Å²) >= 11 is 0. The van der Waals surface area contributed by atoms with Gasteiger partial charge >= 0.3 is 0 Å². The van der Waals surface area contributed by atoms with Crippen molar-refractivity contribution in [1.82, 2.24) is 4.57 Å². The largest absolute Gasteiger partial charge is 0.314 e. The third-order valence-corrected chi connectivity index (χ3v) is 3.44. The summed E-state index contributed by atoms with van der Waals surface area (Å²) in [4.78, 5) is 10.6. The van der Waals surface area contributed by atoms with E-state index in [1.54, 1.807) is 12.1 Å². The smallest absolute Gasteiger partial charge is 0.271 e. The minimum absolute atomic E-state index is 0.0969. The van der Waals surface area contributed by atoms with Crippen LogP contribution in [0.25, 0.3) is 16.9 Å². The summed E-state index contributed by atoms with van der Waals surface area (Å²) in [5, 5.41) is 11.0. The van der Waals surface area contributed by atoms with E-state index in [0.717, 1.165) is 22.6 Å². The van der Waals surface area contributed by atoms with Crippen LogP contribution in [0, 0.1) is 17.0 Å². The number of hydrogen-bond acceptors (Lipinski definition) is 2. The number of nitrogens with zero attached hydrogens (tertiary/aromatic N) is 2. The molecule has 0 N–H and O–H groups in total. The number of nitro benzene ring substituents is 1. The van der Waals surface area contributed by atoms with Gasteiger partial charge < -0.3 is 4.57 Å². The topological polar surface area (TPSA) is 48.1 Å². The fraction of sp³-hybridized carbons (Fsp3) is 0.0588. The molecule has 0 unspecified atom stereocenters. The van der Waals surface area contributed by atoms with Crippen LogP contribution >= 0.6 is 0 Å². The van der Waals surface area contributed by atoms with E-state index >= 15 is 0 Å². The monoisotopic (exact) mass is 278 g/mol. The van der Waals surface area contributed by atoms with Gasteiger partial charge in [0, 0.05) is 17.8 Å². The molecule has 3 aromatic rings. The van der Waals surface area contributed by atoms with Crippen LogP contribution in [-0.2, 0) is 0 Å². The van der Waals surface area contributed by atoms with Gasteiger partial charge in [0.2, 0.25) is 0 Å². The van der Waals surface area contributed by atoms with Gasteiger partial charge in [-0.2, -0.15) is 0 Å². The third kappa shape index (κ3) is 2.43. The second-order valence-corrected chi connectivity index (χ2v) is 4.84. The van der Waals surface area contributed by atoms with Crippen LogP contribution < -0.4 is 0 Å². The molecule has 0 bridgehead atoms. The highest BCUT2D eigenvalue weighted by Crippen LogP contribution is 2.27. The Bertz CT molecular complexity index is 792. The van der Waals surface area contributed by atoms with Crippen LogP contribution in [0.3, 0.4) is 0 Å². The number of nitro groups is 1. The first kappa shape index (κ1) is 13.1. The molecular weight excluding hydrogens is 264 g/mol.